The molecule has 0 radical (unpaired) electrons. The van der Waals surface area contributed by atoms with E-state index < -0.39 is 0 Å². The van der Waals surface area contributed by atoms with Gasteiger partial charge in [-0.05, 0) is 52.3 Å². The highest BCUT2D eigenvalue weighted by atomic mass is 79.9. The first-order chi connectivity index (χ1) is 9.51. The second kappa shape index (κ2) is 6.07. The van der Waals surface area contributed by atoms with Crippen molar-refractivity contribution in [2.45, 2.75) is 0 Å². The molecule has 1 amide bonds. The van der Waals surface area contributed by atoms with Crippen LogP contribution in [0.3, 0.4) is 0 Å². The van der Waals surface area contributed by atoms with E-state index in [-0.39, 0.29) is 5.91 Å². The van der Waals surface area contributed by atoms with Crippen molar-refractivity contribution in [1.29, 1.82) is 5.26 Å². The molecule has 6 heteroatoms. The number of benzene rings is 2. The van der Waals surface area contributed by atoms with Gasteiger partial charge in [0.1, 0.15) is 0 Å². The number of nitrogen functional groups attached to an aromatic ring is 1. The first-order valence-corrected chi connectivity index (χ1v) is 7.16. The van der Waals surface area contributed by atoms with Crippen LogP contribution in [0, 0.1) is 11.3 Å². The van der Waals surface area contributed by atoms with Gasteiger partial charge >= 0.3 is 0 Å². The number of hydrogen-bond donors (Lipinski definition) is 2. The second-order valence-corrected chi connectivity index (χ2v) is 5.77. The van der Waals surface area contributed by atoms with Crippen molar-refractivity contribution in [2.75, 3.05) is 11.1 Å². The van der Waals surface area contributed by atoms with Gasteiger partial charge in [0.05, 0.1) is 23.0 Å². The number of carbonyl (C=O) groups is 1. The van der Waals surface area contributed by atoms with Gasteiger partial charge in [-0.15, -0.1) is 0 Å². The summed E-state index contributed by atoms with van der Waals surface area (Å²) >= 11 is 6.67. The van der Waals surface area contributed by atoms with Crippen LogP contribution >= 0.6 is 31.9 Å². The molecule has 0 spiro atoms. The van der Waals surface area contributed by atoms with Crippen LogP contribution in [0.2, 0.25) is 0 Å². The van der Waals surface area contributed by atoms with Crippen molar-refractivity contribution in [1.82, 2.24) is 0 Å². The van der Waals surface area contributed by atoms with Gasteiger partial charge in [-0.1, -0.05) is 15.9 Å². The Morgan fingerprint density at radius 2 is 1.85 bits per heavy atom. The average Bonchev–Trinajstić information content (AvgIpc) is 2.42. The van der Waals surface area contributed by atoms with Crippen molar-refractivity contribution in [3.8, 4) is 6.07 Å². The quantitative estimate of drug-likeness (QED) is 0.757. The van der Waals surface area contributed by atoms with E-state index in [9.17, 15) is 4.79 Å². The number of nitriles is 1. The SMILES string of the molecule is N#Cc1ccc(C(=O)Nc2c(N)cc(Br)cc2Br)cc1. The summed E-state index contributed by atoms with van der Waals surface area (Å²) in [5.41, 5.74) is 7.81. The summed E-state index contributed by atoms with van der Waals surface area (Å²) < 4.78 is 1.50. The summed E-state index contributed by atoms with van der Waals surface area (Å²) in [7, 11) is 0. The molecule has 0 saturated carbocycles. The molecule has 0 saturated heterocycles. The van der Waals surface area contributed by atoms with Crippen molar-refractivity contribution in [2.24, 2.45) is 0 Å². The van der Waals surface area contributed by atoms with Gasteiger partial charge in [0.15, 0.2) is 0 Å². The van der Waals surface area contributed by atoms with Gasteiger partial charge in [-0.3, -0.25) is 4.79 Å². The Labute approximate surface area is 132 Å². The minimum atomic E-state index is -0.288. The normalized spacial score (nSPS) is 9.85. The molecule has 0 bridgehead atoms. The van der Waals surface area contributed by atoms with E-state index in [1.807, 2.05) is 6.07 Å². The molecule has 100 valence electrons. The number of rotatable bonds is 2. The van der Waals surface area contributed by atoms with Crippen LogP contribution in [0.1, 0.15) is 15.9 Å². The van der Waals surface area contributed by atoms with Crippen LogP contribution < -0.4 is 11.1 Å². The maximum atomic E-state index is 12.1. The van der Waals surface area contributed by atoms with E-state index in [4.69, 9.17) is 11.0 Å². The van der Waals surface area contributed by atoms with Gasteiger partial charge in [0.25, 0.3) is 5.91 Å². The zero-order valence-electron chi connectivity index (χ0n) is 10.2. The summed E-state index contributed by atoms with van der Waals surface area (Å²) in [6.45, 7) is 0. The first-order valence-electron chi connectivity index (χ1n) is 5.57. The van der Waals surface area contributed by atoms with Gasteiger partial charge < -0.3 is 11.1 Å². The van der Waals surface area contributed by atoms with Crippen LogP contribution in [0.15, 0.2) is 45.3 Å². The summed E-state index contributed by atoms with van der Waals surface area (Å²) in [4.78, 5) is 12.1. The minimum Gasteiger partial charge on any atom is -0.397 e. The predicted octanol–water partition coefficient (Wildman–Crippen LogP) is 3.92. The lowest BCUT2D eigenvalue weighted by atomic mass is 10.1. The average molecular weight is 395 g/mol. The monoisotopic (exact) mass is 393 g/mol. The van der Waals surface area contributed by atoms with Gasteiger partial charge in [-0.25, -0.2) is 0 Å². The van der Waals surface area contributed by atoms with E-state index in [2.05, 4.69) is 37.2 Å². The maximum Gasteiger partial charge on any atom is 0.255 e. The number of amides is 1. The van der Waals surface area contributed by atoms with E-state index in [1.54, 1.807) is 36.4 Å². The molecule has 0 aromatic heterocycles. The number of halogens is 2. The molecule has 0 heterocycles. The van der Waals surface area contributed by atoms with Crippen LogP contribution in [0.25, 0.3) is 0 Å². The van der Waals surface area contributed by atoms with Crippen molar-refractivity contribution in [3.63, 3.8) is 0 Å². The third-order valence-corrected chi connectivity index (χ3v) is 3.68. The Kier molecular flexibility index (Phi) is 4.42. The molecule has 2 rings (SSSR count). The van der Waals surface area contributed by atoms with Crippen LogP contribution in [0.4, 0.5) is 11.4 Å². The predicted molar refractivity (Wildman–Crippen MR) is 85.4 cm³/mol. The molecular formula is C14H9Br2N3O. The lowest BCUT2D eigenvalue weighted by Gasteiger charge is -2.11. The number of nitrogens with one attached hydrogen (secondary N) is 1. The van der Waals surface area contributed by atoms with E-state index in [1.165, 1.54) is 0 Å². The molecule has 4 nitrogen and oxygen atoms in total. The molecule has 0 aliphatic rings. The number of nitrogens with two attached hydrogens (primary N) is 1. The molecule has 0 aliphatic heterocycles. The number of hydrogen-bond acceptors (Lipinski definition) is 3. The topological polar surface area (TPSA) is 78.9 Å². The number of carbonyl (C=O) groups excluding carboxylic acids is 1. The summed E-state index contributed by atoms with van der Waals surface area (Å²) in [5.74, 6) is -0.288. The maximum absolute atomic E-state index is 12.1. The smallest absolute Gasteiger partial charge is 0.255 e. The third kappa shape index (κ3) is 3.18. The molecule has 2 aromatic carbocycles. The number of anilines is 2. The largest absolute Gasteiger partial charge is 0.397 e. The van der Waals surface area contributed by atoms with Crippen LogP contribution in [0.5, 0.6) is 0 Å². The fourth-order valence-corrected chi connectivity index (χ4v) is 2.96. The van der Waals surface area contributed by atoms with Gasteiger partial charge in [0.2, 0.25) is 0 Å². The fraction of sp³-hybridized carbons (Fsp3) is 0. The minimum absolute atomic E-state index is 0.288. The highest BCUT2D eigenvalue weighted by Crippen LogP contribution is 2.32. The van der Waals surface area contributed by atoms with Gasteiger partial charge in [0, 0.05) is 14.5 Å². The zero-order valence-corrected chi connectivity index (χ0v) is 13.3. The zero-order chi connectivity index (χ0) is 14.7. The van der Waals surface area contributed by atoms with Crippen molar-refractivity contribution in [3.05, 3.63) is 56.5 Å². The first kappa shape index (κ1) is 14.6. The molecule has 0 unspecified atom stereocenters. The molecular weight excluding hydrogens is 386 g/mol. The Bertz CT molecular complexity index is 682. The van der Waals surface area contributed by atoms with Crippen molar-refractivity contribution < 1.29 is 4.79 Å². The van der Waals surface area contributed by atoms with E-state index in [0.29, 0.717) is 27.0 Å². The highest BCUT2D eigenvalue weighted by Gasteiger charge is 2.11. The standard InChI is InChI=1S/C14H9Br2N3O/c15-10-5-11(16)13(12(18)6-10)19-14(20)9-3-1-8(7-17)2-4-9/h1-6H,18H2,(H,19,20). The molecule has 20 heavy (non-hydrogen) atoms. The summed E-state index contributed by atoms with van der Waals surface area (Å²) in [5, 5.41) is 11.5. The Morgan fingerprint density at radius 1 is 1.20 bits per heavy atom. The van der Waals surface area contributed by atoms with Crippen LogP contribution in [-0.2, 0) is 0 Å². The second-order valence-electron chi connectivity index (χ2n) is 4.00. The Hall–Kier alpha value is -1.84. The van der Waals surface area contributed by atoms with E-state index in [0.717, 1.165) is 4.47 Å². The third-order valence-electron chi connectivity index (χ3n) is 2.60. The summed E-state index contributed by atoms with van der Waals surface area (Å²) in [6, 6.07) is 11.9. The molecule has 0 aliphatic carbocycles. The van der Waals surface area contributed by atoms with Crippen LogP contribution in [-0.4, -0.2) is 5.91 Å². The Morgan fingerprint density at radius 3 is 2.40 bits per heavy atom. The lowest BCUT2D eigenvalue weighted by molar-refractivity contribution is 0.102. The van der Waals surface area contributed by atoms with Crippen molar-refractivity contribution >= 4 is 49.1 Å². The number of nitrogens with zero attached hydrogens (tertiary/aromatic N) is 1. The van der Waals surface area contributed by atoms with E-state index >= 15 is 0 Å². The lowest BCUT2D eigenvalue weighted by Crippen LogP contribution is -2.13. The fourth-order valence-electron chi connectivity index (χ4n) is 1.61. The molecule has 0 fully saturated rings. The highest BCUT2D eigenvalue weighted by molar-refractivity contribution is 9.11. The Balaban J connectivity index is 2.26. The van der Waals surface area contributed by atoms with Gasteiger partial charge in [-0.2, -0.15) is 5.26 Å². The molecule has 0 atom stereocenters. The molecule has 3 N–H and O–H groups in total. The summed E-state index contributed by atoms with van der Waals surface area (Å²) in [6.07, 6.45) is 0. The molecule has 2 aromatic rings.